The van der Waals surface area contributed by atoms with Crippen molar-refractivity contribution >= 4 is 37.0 Å². The van der Waals surface area contributed by atoms with Crippen LogP contribution in [0.15, 0.2) is 9.59 Å². The molecule has 20 heavy (non-hydrogen) atoms. The Morgan fingerprint density at radius 2 is 2.05 bits per heavy atom. The normalized spacial score (nSPS) is 14.8. The van der Waals surface area contributed by atoms with Crippen molar-refractivity contribution in [1.82, 2.24) is 5.32 Å². The summed E-state index contributed by atoms with van der Waals surface area (Å²) in [6.45, 7) is 7.79. The molecule has 2 unspecified atom stereocenters. The number of halogens is 1. The Bertz CT molecular complexity index is 580. The van der Waals surface area contributed by atoms with Crippen molar-refractivity contribution in [1.29, 1.82) is 0 Å². The van der Waals surface area contributed by atoms with Crippen molar-refractivity contribution < 1.29 is 13.2 Å². The van der Waals surface area contributed by atoms with E-state index in [0.29, 0.717) is 17.0 Å². The Morgan fingerprint density at radius 1 is 1.45 bits per heavy atom. The Morgan fingerprint density at radius 3 is 2.50 bits per heavy atom. The minimum absolute atomic E-state index is 0.0406. The van der Waals surface area contributed by atoms with Crippen LogP contribution in [0.4, 0.5) is 0 Å². The number of amides is 1. The van der Waals surface area contributed by atoms with Crippen molar-refractivity contribution in [2.75, 3.05) is 0 Å². The number of rotatable bonds is 6. The summed E-state index contributed by atoms with van der Waals surface area (Å²) in [6.07, 6.45) is 1.96. The number of carbonyl (C=O) groups is 1. The quantitative estimate of drug-likeness (QED) is 0.807. The van der Waals surface area contributed by atoms with Gasteiger partial charge in [-0.25, -0.2) is 8.42 Å². The summed E-state index contributed by atoms with van der Waals surface area (Å²) >= 11 is 0.976. The summed E-state index contributed by atoms with van der Waals surface area (Å²) in [7, 11) is 1.54. The molecule has 1 N–H and O–H groups in total. The van der Waals surface area contributed by atoms with Gasteiger partial charge in [0.25, 0.3) is 15.0 Å². The third-order valence-corrected chi connectivity index (χ3v) is 6.60. The predicted octanol–water partition coefficient (Wildman–Crippen LogP) is 3.54. The molecule has 0 aliphatic rings. The average Bonchev–Trinajstić information content (AvgIpc) is 2.70. The second kappa shape index (κ2) is 6.91. The number of hydrogen-bond donors (Lipinski definition) is 1. The molecule has 0 saturated heterocycles. The zero-order valence-electron chi connectivity index (χ0n) is 12.1. The van der Waals surface area contributed by atoms with E-state index >= 15 is 0 Å². The number of thiophene rings is 1. The molecule has 1 amide bonds. The molecule has 1 rings (SSSR count). The van der Waals surface area contributed by atoms with Gasteiger partial charge in [0.05, 0.1) is 5.56 Å². The van der Waals surface area contributed by atoms with E-state index in [0.717, 1.165) is 24.2 Å². The fourth-order valence-corrected chi connectivity index (χ4v) is 4.54. The van der Waals surface area contributed by atoms with E-state index < -0.39 is 9.05 Å². The van der Waals surface area contributed by atoms with Gasteiger partial charge >= 0.3 is 0 Å². The molecule has 7 heteroatoms. The zero-order valence-corrected chi connectivity index (χ0v) is 14.5. The molecule has 0 saturated carbocycles. The molecular weight excluding hydrogens is 318 g/mol. The van der Waals surface area contributed by atoms with E-state index in [1.165, 1.54) is 5.38 Å². The molecule has 0 fully saturated rings. The average molecular weight is 338 g/mol. The largest absolute Gasteiger partial charge is 0.350 e. The Kier molecular flexibility index (Phi) is 6.04. The summed E-state index contributed by atoms with van der Waals surface area (Å²) in [5.74, 6) is 0.286. The lowest BCUT2D eigenvalue weighted by Crippen LogP contribution is -2.33. The highest BCUT2D eigenvalue weighted by atomic mass is 35.7. The third kappa shape index (κ3) is 4.46. The summed E-state index contributed by atoms with van der Waals surface area (Å²) in [6, 6.07) is 0.0489. The first-order chi connectivity index (χ1) is 9.16. The molecule has 0 aliphatic carbocycles. The second-order valence-corrected chi connectivity index (χ2v) is 8.76. The zero-order chi connectivity index (χ0) is 15.5. The van der Waals surface area contributed by atoms with Crippen LogP contribution in [0.3, 0.4) is 0 Å². The summed E-state index contributed by atoms with van der Waals surface area (Å²) in [5.41, 5.74) is 0.795. The van der Waals surface area contributed by atoms with Gasteiger partial charge in [-0.05, 0) is 31.7 Å². The van der Waals surface area contributed by atoms with Gasteiger partial charge in [0.15, 0.2) is 0 Å². The first-order valence-electron chi connectivity index (χ1n) is 6.50. The molecule has 1 aromatic heterocycles. The van der Waals surface area contributed by atoms with Gasteiger partial charge in [-0.3, -0.25) is 4.79 Å². The van der Waals surface area contributed by atoms with Crippen molar-refractivity contribution in [2.24, 2.45) is 5.92 Å². The SMILES string of the molecule is CCC(C)CC(C)NC(=O)c1csc(S(=O)(=O)Cl)c1C. The summed E-state index contributed by atoms with van der Waals surface area (Å²) in [5, 5.41) is 4.43. The van der Waals surface area contributed by atoms with Crippen LogP contribution in [0, 0.1) is 12.8 Å². The van der Waals surface area contributed by atoms with E-state index in [1.54, 1.807) is 6.92 Å². The van der Waals surface area contributed by atoms with Gasteiger partial charge in [-0.15, -0.1) is 11.3 Å². The molecular formula is C13H20ClNO3S2. The van der Waals surface area contributed by atoms with Gasteiger partial charge < -0.3 is 5.32 Å². The number of hydrogen-bond acceptors (Lipinski definition) is 4. The van der Waals surface area contributed by atoms with Crippen LogP contribution in [-0.2, 0) is 9.05 Å². The highest BCUT2D eigenvalue weighted by Crippen LogP contribution is 2.29. The topological polar surface area (TPSA) is 63.2 Å². The maximum Gasteiger partial charge on any atom is 0.271 e. The molecule has 0 aromatic carbocycles. The van der Waals surface area contributed by atoms with Crippen LogP contribution >= 0.6 is 22.0 Å². The van der Waals surface area contributed by atoms with Crippen molar-refractivity contribution in [3.05, 3.63) is 16.5 Å². The van der Waals surface area contributed by atoms with Crippen LogP contribution < -0.4 is 5.32 Å². The fraction of sp³-hybridized carbons (Fsp3) is 0.615. The molecule has 2 atom stereocenters. The summed E-state index contributed by atoms with van der Waals surface area (Å²) in [4.78, 5) is 12.1. The van der Waals surface area contributed by atoms with Crippen LogP contribution in [0.25, 0.3) is 0 Å². The van der Waals surface area contributed by atoms with E-state index in [1.807, 2.05) is 6.92 Å². The molecule has 4 nitrogen and oxygen atoms in total. The lowest BCUT2D eigenvalue weighted by Gasteiger charge is -2.17. The maximum absolute atomic E-state index is 12.1. The first-order valence-corrected chi connectivity index (χ1v) is 9.69. The molecule has 0 bridgehead atoms. The minimum atomic E-state index is -3.79. The lowest BCUT2D eigenvalue weighted by molar-refractivity contribution is 0.0935. The lowest BCUT2D eigenvalue weighted by atomic mass is 10.00. The molecule has 1 heterocycles. The molecule has 0 radical (unpaired) electrons. The van der Waals surface area contributed by atoms with Crippen LogP contribution in [0.5, 0.6) is 0 Å². The highest BCUT2D eigenvalue weighted by molar-refractivity contribution is 8.15. The maximum atomic E-state index is 12.1. The van der Waals surface area contributed by atoms with Gasteiger partial charge in [0, 0.05) is 22.1 Å². The Hall–Kier alpha value is -0.590. The van der Waals surface area contributed by atoms with Crippen molar-refractivity contribution in [3.8, 4) is 0 Å². The van der Waals surface area contributed by atoms with Gasteiger partial charge in [0.1, 0.15) is 4.21 Å². The van der Waals surface area contributed by atoms with E-state index in [2.05, 4.69) is 19.2 Å². The minimum Gasteiger partial charge on any atom is -0.350 e. The summed E-state index contributed by atoms with van der Waals surface area (Å²) < 4.78 is 22.7. The van der Waals surface area contributed by atoms with Gasteiger partial charge in [0.2, 0.25) is 0 Å². The Labute approximate surface area is 129 Å². The molecule has 0 spiro atoms. The second-order valence-electron chi connectivity index (χ2n) is 5.12. The van der Waals surface area contributed by atoms with E-state index in [9.17, 15) is 13.2 Å². The smallest absolute Gasteiger partial charge is 0.271 e. The van der Waals surface area contributed by atoms with Gasteiger partial charge in [-0.1, -0.05) is 20.3 Å². The first kappa shape index (κ1) is 17.5. The fourth-order valence-electron chi connectivity index (χ4n) is 1.99. The van der Waals surface area contributed by atoms with Crippen LogP contribution in [0.1, 0.15) is 49.5 Å². The van der Waals surface area contributed by atoms with Gasteiger partial charge in [-0.2, -0.15) is 0 Å². The molecule has 114 valence electrons. The highest BCUT2D eigenvalue weighted by Gasteiger charge is 2.22. The monoisotopic (exact) mass is 337 g/mol. The van der Waals surface area contributed by atoms with Crippen molar-refractivity contribution in [3.63, 3.8) is 0 Å². The van der Waals surface area contributed by atoms with Crippen molar-refractivity contribution in [2.45, 2.75) is 50.8 Å². The molecule has 1 aromatic rings. The Balaban J connectivity index is 2.82. The van der Waals surface area contributed by atoms with E-state index in [-0.39, 0.29) is 16.2 Å². The number of carbonyl (C=O) groups excluding carboxylic acids is 1. The molecule has 0 aliphatic heterocycles. The van der Waals surface area contributed by atoms with Crippen LogP contribution in [0.2, 0.25) is 0 Å². The third-order valence-electron chi connectivity index (χ3n) is 3.29. The standard InChI is InChI=1S/C13H20ClNO3S2/c1-5-8(2)6-9(3)15-12(16)11-7-19-13(10(11)4)20(14,17)18/h7-9H,5-6H2,1-4H3,(H,15,16). The van der Waals surface area contributed by atoms with Crippen LogP contribution in [-0.4, -0.2) is 20.4 Å². The predicted molar refractivity (Wildman–Crippen MR) is 83.1 cm³/mol. The number of nitrogens with one attached hydrogen (secondary N) is 1. The van der Waals surface area contributed by atoms with E-state index in [4.69, 9.17) is 10.7 Å².